The molecule has 0 fully saturated rings. The summed E-state index contributed by atoms with van der Waals surface area (Å²) >= 11 is 1.25. The predicted octanol–water partition coefficient (Wildman–Crippen LogP) is 3.27. The van der Waals surface area contributed by atoms with Crippen molar-refractivity contribution in [2.24, 2.45) is 0 Å². The maximum absolute atomic E-state index is 12.2. The highest BCUT2D eigenvalue weighted by atomic mass is 32.2. The first kappa shape index (κ1) is 19.0. The zero-order valence-corrected chi connectivity index (χ0v) is 16.0. The van der Waals surface area contributed by atoms with Gasteiger partial charge in [0.2, 0.25) is 11.6 Å². The second kappa shape index (κ2) is 8.73. The Morgan fingerprint density at radius 1 is 1.19 bits per heavy atom. The van der Waals surface area contributed by atoms with Crippen LogP contribution in [0.15, 0.2) is 64.1 Å². The van der Waals surface area contributed by atoms with E-state index in [1.165, 1.54) is 22.0 Å². The number of nitrogens with one attached hydrogen (secondary N) is 1. The Bertz CT molecular complexity index is 893. The summed E-state index contributed by atoms with van der Waals surface area (Å²) in [5, 5.41) is 18.9. The summed E-state index contributed by atoms with van der Waals surface area (Å²) in [6.45, 7) is 4.25. The molecule has 0 spiro atoms. The van der Waals surface area contributed by atoms with E-state index < -0.39 is 5.95 Å². The van der Waals surface area contributed by atoms with E-state index in [1.807, 2.05) is 54.6 Å². The zero-order valence-electron chi connectivity index (χ0n) is 15.2. The number of benzene rings is 2. The van der Waals surface area contributed by atoms with Crippen molar-refractivity contribution in [3.63, 3.8) is 0 Å². The summed E-state index contributed by atoms with van der Waals surface area (Å²) in [6.07, 6.45) is 0.274. The molecule has 0 aliphatic heterocycles. The van der Waals surface area contributed by atoms with Gasteiger partial charge < -0.3 is 14.9 Å². The van der Waals surface area contributed by atoms with Gasteiger partial charge in [-0.25, -0.2) is 0 Å². The second-order valence-corrected chi connectivity index (χ2v) is 7.42. The second-order valence-electron chi connectivity index (χ2n) is 6.34. The third kappa shape index (κ3) is 4.89. The number of thioether (sulfide) groups is 1. The maximum Gasteiger partial charge on any atom is 0.297 e. The summed E-state index contributed by atoms with van der Waals surface area (Å²) in [6, 6.07) is 17.1. The number of rotatable bonds is 7. The van der Waals surface area contributed by atoms with Crippen LogP contribution in [0.2, 0.25) is 0 Å². The van der Waals surface area contributed by atoms with E-state index >= 15 is 0 Å². The number of hydrogen-bond acceptors (Lipinski definition) is 5. The predicted molar refractivity (Wildman–Crippen MR) is 102 cm³/mol. The van der Waals surface area contributed by atoms with E-state index in [0.717, 1.165) is 11.4 Å². The molecular formula is C20H21N3O3S. The standard InChI is InChI=1S/C20H21N3O3S/c1-14(2)15-8-10-16(11-9-15)21-18(24)12-13-27-19-20(25)26-22-23(19)17-6-4-3-5-7-17/h3-11,14H,12-13H2,1-2H3,(H-,21,22,24,25). The van der Waals surface area contributed by atoms with Crippen molar-refractivity contribution >= 4 is 23.4 Å². The molecule has 3 aromatic rings. The Morgan fingerprint density at radius 2 is 1.89 bits per heavy atom. The highest BCUT2D eigenvalue weighted by molar-refractivity contribution is 7.99. The van der Waals surface area contributed by atoms with Crippen molar-refractivity contribution in [2.75, 3.05) is 11.1 Å². The maximum atomic E-state index is 12.2. The van der Waals surface area contributed by atoms with Crippen LogP contribution in [0.1, 0.15) is 31.7 Å². The Hall–Kier alpha value is -2.80. The van der Waals surface area contributed by atoms with Gasteiger partial charge in [0, 0.05) is 30.0 Å². The van der Waals surface area contributed by atoms with Crippen LogP contribution in [0.25, 0.3) is 5.69 Å². The number of para-hydroxylation sites is 1. The highest BCUT2D eigenvalue weighted by Crippen LogP contribution is 2.24. The molecule has 1 amide bonds. The number of anilines is 1. The van der Waals surface area contributed by atoms with Crippen LogP contribution >= 0.6 is 11.8 Å². The SMILES string of the molecule is CC(C)c1ccc(NC(=O)CCSc2c([O-])on[n+]2-c2ccccc2)cc1. The molecule has 1 aromatic heterocycles. The molecule has 7 heteroatoms. The first-order chi connectivity index (χ1) is 13.0. The topological polar surface area (TPSA) is 82.1 Å². The molecule has 0 radical (unpaired) electrons. The minimum Gasteiger partial charge on any atom is -0.538 e. The monoisotopic (exact) mass is 383 g/mol. The molecule has 6 nitrogen and oxygen atoms in total. The van der Waals surface area contributed by atoms with Crippen LogP contribution in [0, 0.1) is 0 Å². The molecule has 0 saturated heterocycles. The van der Waals surface area contributed by atoms with Crippen molar-refractivity contribution in [1.29, 1.82) is 0 Å². The summed E-state index contributed by atoms with van der Waals surface area (Å²) in [7, 11) is 0. The molecule has 3 rings (SSSR count). The molecule has 0 atom stereocenters. The lowest BCUT2D eigenvalue weighted by atomic mass is 10.0. The molecular weight excluding hydrogens is 362 g/mol. The van der Waals surface area contributed by atoms with E-state index in [0.29, 0.717) is 16.7 Å². The van der Waals surface area contributed by atoms with E-state index in [-0.39, 0.29) is 12.3 Å². The molecule has 140 valence electrons. The molecule has 0 saturated carbocycles. The average Bonchev–Trinajstić information content (AvgIpc) is 3.03. The van der Waals surface area contributed by atoms with Crippen LogP contribution in [0.5, 0.6) is 5.95 Å². The van der Waals surface area contributed by atoms with Crippen molar-refractivity contribution in [3.8, 4) is 11.6 Å². The van der Waals surface area contributed by atoms with Gasteiger partial charge in [0.25, 0.3) is 5.03 Å². The molecule has 0 unspecified atom stereocenters. The number of amides is 1. The van der Waals surface area contributed by atoms with Gasteiger partial charge >= 0.3 is 0 Å². The molecule has 27 heavy (non-hydrogen) atoms. The van der Waals surface area contributed by atoms with Gasteiger partial charge in [-0.3, -0.25) is 4.79 Å². The van der Waals surface area contributed by atoms with E-state index in [2.05, 4.69) is 24.4 Å². The quantitative estimate of drug-likeness (QED) is 0.500. The van der Waals surface area contributed by atoms with Crippen molar-refractivity contribution < 1.29 is 19.1 Å². The molecule has 0 aliphatic rings. The zero-order chi connectivity index (χ0) is 19.2. The fourth-order valence-corrected chi connectivity index (χ4v) is 3.41. The third-order valence-corrected chi connectivity index (χ3v) is 5.02. The first-order valence-corrected chi connectivity index (χ1v) is 9.70. The minimum absolute atomic E-state index is 0.102. The van der Waals surface area contributed by atoms with Crippen molar-refractivity contribution in [2.45, 2.75) is 31.2 Å². The van der Waals surface area contributed by atoms with Crippen LogP contribution in [0.4, 0.5) is 5.69 Å². The molecule has 2 aromatic carbocycles. The fraction of sp³-hybridized carbons (Fsp3) is 0.250. The van der Waals surface area contributed by atoms with Crippen molar-refractivity contribution in [3.05, 3.63) is 60.2 Å². The summed E-state index contributed by atoms with van der Waals surface area (Å²) in [5.41, 5.74) is 2.73. The largest absolute Gasteiger partial charge is 0.538 e. The van der Waals surface area contributed by atoms with Gasteiger partial charge in [0.15, 0.2) is 5.95 Å². The summed E-state index contributed by atoms with van der Waals surface area (Å²) < 4.78 is 6.22. The number of nitrogens with zero attached hydrogens (tertiary/aromatic N) is 2. The molecule has 1 N–H and O–H groups in total. The van der Waals surface area contributed by atoms with Gasteiger partial charge in [-0.15, -0.1) is 0 Å². The fourth-order valence-electron chi connectivity index (χ4n) is 2.51. The van der Waals surface area contributed by atoms with E-state index in [9.17, 15) is 9.90 Å². The normalized spacial score (nSPS) is 10.9. The molecule has 0 aliphatic carbocycles. The molecule has 1 heterocycles. The molecule has 0 bridgehead atoms. The summed E-state index contributed by atoms with van der Waals surface area (Å²) in [5.74, 6) is 0.287. The third-order valence-electron chi connectivity index (χ3n) is 4.00. The lowest BCUT2D eigenvalue weighted by Gasteiger charge is -2.08. The summed E-state index contributed by atoms with van der Waals surface area (Å²) in [4.78, 5) is 12.2. The Balaban J connectivity index is 1.56. The first-order valence-electron chi connectivity index (χ1n) is 8.71. The van der Waals surface area contributed by atoms with Gasteiger partial charge in [-0.2, -0.15) is 0 Å². The van der Waals surface area contributed by atoms with Crippen LogP contribution in [0.3, 0.4) is 0 Å². The van der Waals surface area contributed by atoms with Crippen LogP contribution in [-0.2, 0) is 4.79 Å². The lowest BCUT2D eigenvalue weighted by molar-refractivity contribution is -0.705. The van der Waals surface area contributed by atoms with E-state index in [4.69, 9.17) is 4.52 Å². The number of aromatic nitrogens is 2. The Kier molecular flexibility index (Phi) is 6.13. The van der Waals surface area contributed by atoms with Gasteiger partial charge in [0.05, 0.1) is 5.27 Å². The average molecular weight is 383 g/mol. The van der Waals surface area contributed by atoms with Gasteiger partial charge in [-0.1, -0.05) is 55.9 Å². The van der Waals surface area contributed by atoms with Crippen LogP contribution < -0.4 is 15.1 Å². The van der Waals surface area contributed by atoms with E-state index in [1.54, 1.807) is 0 Å². The van der Waals surface area contributed by atoms with Gasteiger partial charge in [-0.05, 0) is 28.3 Å². The number of hydrogen-bond donors (Lipinski definition) is 1. The Morgan fingerprint density at radius 3 is 2.56 bits per heavy atom. The smallest absolute Gasteiger partial charge is 0.297 e. The number of carbonyl (C=O) groups is 1. The minimum atomic E-state index is -0.506. The lowest BCUT2D eigenvalue weighted by Crippen LogP contribution is -2.34. The van der Waals surface area contributed by atoms with Crippen LogP contribution in [-0.4, -0.2) is 16.9 Å². The number of carbonyl (C=O) groups excluding carboxylic acids is 1. The van der Waals surface area contributed by atoms with Gasteiger partial charge in [0.1, 0.15) is 0 Å². The van der Waals surface area contributed by atoms with Crippen molar-refractivity contribution in [1.82, 2.24) is 5.27 Å². The highest BCUT2D eigenvalue weighted by Gasteiger charge is 2.20. The Labute approximate surface area is 162 Å².